The summed E-state index contributed by atoms with van der Waals surface area (Å²) in [5.41, 5.74) is 2.29. The van der Waals surface area contributed by atoms with Gasteiger partial charge in [0, 0.05) is 38.4 Å². The Kier molecular flexibility index (Phi) is 5.47. The summed E-state index contributed by atoms with van der Waals surface area (Å²) in [5.74, 6) is -0.963. The largest absolute Gasteiger partial charge is 0.469 e. The van der Waals surface area contributed by atoms with Crippen LogP contribution >= 0.6 is 0 Å². The molecule has 1 spiro atoms. The Morgan fingerprint density at radius 2 is 2.00 bits per heavy atom. The van der Waals surface area contributed by atoms with E-state index in [9.17, 15) is 9.59 Å². The highest BCUT2D eigenvalue weighted by molar-refractivity contribution is 5.88. The third kappa shape index (κ3) is 3.47. The van der Waals surface area contributed by atoms with Crippen LogP contribution in [0.2, 0.25) is 0 Å². The van der Waals surface area contributed by atoms with Gasteiger partial charge in [-0.1, -0.05) is 12.1 Å². The number of amides is 1. The normalized spacial score (nSPS) is 21.8. The van der Waals surface area contributed by atoms with Gasteiger partial charge in [0.05, 0.1) is 36.2 Å². The minimum Gasteiger partial charge on any atom is -0.469 e. The number of piperidine rings is 1. The molecule has 154 valence electrons. The van der Waals surface area contributed by atoms with Crippen molar-refractivity contribution in [3.8, 4) is 0 Å². The lowest BCUT2D eigenvalue weighted by atomic mass is 9.77. The van der Waals surface area contributed by atoms with Crippen molar-refractivity contribution in [1.29, 1.82) is 0 Å². The molecule has 0 bridgehead atoms. The average molecular weight is 398 g/mol. The molecule has 4 rings (SSSR count). The third-order valence-corrected chi connectivity index (χ3v) is 6.10. The maximum atomic E-state index is 12.6. The number of hydroxylamine groups is 2. The number of aromatic nitrogens is 2. The van der Waals surface area contributed by atoms with Gasteiger partial charge in [-0.2, -0.15) is 0 Å². The molecule has 1 amide bonds. The zero-order chi connectivity index (χ0) is 20.4. The standard InChI is InChI=1S/C21H26N4O4/c1-3-29-25-18(26)13-16(20(27)28-2)21(25)7-11-24(12-8-21)14-15-5-4-6-17-19(15)23-10-9-22-17/h4-6,9-10,16H,3,7-8,11-14H2,1-2H3. The molecular weight excluding hydrogens is 372 g/mol. The van der Waals surface area contributed by atoms with Crippen LogP contribution in [0.5, 0.6) is 0 Å². The Balaban J connectivity index is 1.53. The van der Waals surface area contributed by atoms with Gasteiger partial charge in [0.2, 0.25) is 5.91 Å². The van der Waals surface area contributed by atoms with Crippen molar-refractivity contribution < 1.29 is 19.2 Å². The number of hydrogen-bond acceptors (Lipinski definition) is 7. The molecule has 8 nitrogen and oxygen atoms in total. The second-order valence-electron chi connectivity index (χ2n) is 7.61. The average Bonchev–Trinajstić information content (AvgIpc) is 3.01. The summed E-state index contributed by atoms with van der Waals surface area (Å²) in [4.78, 5) is 41.8. The quantitative estimate of drug-likeness (QED) is 0.712. The van der Waals surface area contributed by atoms with Crippen LogP contribution in [-0.2, 0) is 25.7 Å². The topological polar surface area (TPSA) is 84.9 Å². The molecule has 1 aromatic carbocycles. The first kappa shape index (κ1) is 19.7. The molecule has 8 heteroatoms. The number of carbonyl (C=O) groups is 2. The summed E-state index contributed by atoms with van der Waals surface area (Å²) in [7, 11) is 1.38. The number of carbonyl (C=O) groups excluding carboxylic acids is 2. The Morgan fingerprint density at radius 3 is 2.72 bits per heavy atom. The molecule has 2 fully saturated rings. The molecule has 2 aliphatic rings. The summed E-state index contributed by atoms with van der Waals surface area (Å²) in [6.07, 6.45) is 4.88. The summed E-state index contributed by atoms with van der Waals surface area (Å²) in [6.45, 7) is 4.49. The number of hydrogen-bond donors (Lipinski definition) is 0. The molecule has 0 N–H and O–H groups in total. The minimum absolute atomic E-state index is 0.139. The number of rotatable bonds is 5. The van der Waals surface area contributed by atoms with Crippen molar-refractivity contribution in [2.75, 3.05) is 26.8 Å². The van der Waals surface area contributed by atoms with Crippen molar-refractivity contribution in [2.24, 2.45) is 5.92 Å². The summed E-state index contributed by atoms with van der Waals surface area (Å²) in [6, 6.07) is 6.03. The number of nitrogens with zero attached hydrogens (tertiary/aromatic N) is 4. The van der Waals surface area contributed by atoms with E-state index in [1.165, 1.54) is 12.2 Å². The van der Waals surface area contributed by atoms with Gasteiger partial charge in [0.15, 0.2) is 0 Å². The van der Waals surface area contributed by atoms with Gasteiger partial charge in [0.1, 0.15) is 0 Å². The second kappa shape index (κ2) is 8.04. The molecule has 2 aliphatic heterocycles. The van der Waals surface area contributed by atoms with Crippen molar-refractivity contribution in [3.63, 3.8) is 0 Å². The van der Waals surface area contributed by atoms with Gasteiger partial charge in [-0.3, -0.25) is 29.3 Å². The Labute approximate surface area is 169 Å². The highest BCUT2D eigenvalue weighted by Crippen LogP contribution is 2.44. The van der Waals surface area contributed by atoms with E-state index in [0.717, 1.165) is 36.2 Å². The fraction of sp³-hybridized carbons (Fsp3) is 0.524. The second-order valence-corrected chi connectivity index (χ2v) is 7.61. The summed E-state index contributed by atoms with van der Waals surface area (Å²) < 4.78 is 5.00. The van der Waals surface area contributed by atoms with Gasteiger partial charge >= 0.3 is 5.97 Å². The van der Waals surface area contributed by atoms with E-state index in [2.05, 4.69) is 20.9 Å². The number of esters is 1. The number of para-hydroxylation sites is 1. The molecule has 1 aromatic heterocycles. The van der Waals surface area contributed by atoms with Crippen LogP contribution in [0.15, 0.2) is 30.6 Å². The Hall–Kier alpha value is -2.58. The fourth-order valence-corrected chi connectivity index (χ4v) is 4.68. The van der Waals surface area contributed by atoms with E-state index in [-0.39, 0.29) is 18.3 Å². The molecule has 1 atom stereocenters. The van der Waals surface area contributed by atoms with E-state index in [4.69, 9.17) is 9.57 Å². The van der Waals surface area contributed by atoms with Crippen LogP contribution in [0.3, 0.4) is 0 Å². The minimum atomic E-state index is -0.630. The highest BCUT2D eigenvalue weighted by Gasteiger charge is 2.58. The number of fused-ring (bicyclic) bond motifs is 1. The number of likely N-dealkylation sites (tertiary alicyclic amines) is 1. The lowest BCUT2D eigenvalue weighted by Gasteiger charge is -2.45. The van der Waals surface area contributed by atoms with E-state index in [1.54, 1.807) is 12.4 Å². The Bertz CT molecular complexity index is 905. The predicted octanol–water partition coefficient (Wildman–Crippen LogP) is 1.94. The van der Waals surface area contributed by atoms with Crippen molar-refractivity contribution in [1.82, 2.24) is 19.9 Å². The number of ether oxygens (including phenoxy) is 1. The SMILES string of the molecule is CCON1C(=O)CC(C(=O)OC)C12CCN(Cc1cccc3nccnc13)CC2. The Morgan fingerprint density at radius 1 is 1.24 bits per heavy atom. The molecule has 0 aliphatic carbocycles. The van der Waals surface area contributed by atoms with E-state index >= 15 is 0 Å². The van der Waals surface area contributed by atoms with Crippen molar-refractivity contribution in [2.45, 2.75) is 38.3 Å². The lowest BCUT2D eigenvalue weighted by Crippen LogP contribution is -2.57. The van der Waals surface area contributed by atoms with Gasteiger partial charge in [-0.25, -0.2) is 5.06 Å². The van der Waals surface area contributed by atoms with Gasteiger partial charge in [0.25, 0.3) is 0 Å². The molecule has 2 saturated heterocycles. The first-order valence-corrected chi connectivity index (χ1v) is 10.0. The molecule has 2 aromatic rings. The molecular formula is C21H26N4O4. The first-order chi connectivity index (χ1) is 14.1. The predicted molar refractivity (Wildman–Crippen MR) is 105 cm³/mol. The van der Waals surface area contributed by atoms with Crippen LogP contribution in [0.1, 0.15) is 31.7 Å². The molecule has 1 unspecified atom stereocenters. The molecule has 3 heterocycles. The van der Waals surface area contributed by atoms with Crippen LogP contribution in [0, 0.1) is 5.92 Å². The van der Waals surface area contributed by atoms with Crippen molar-refractivity contribution in [3.05, 3.63) is 36.2 Å². The van der Waals surface area contributed by atoms with Crippen LogP contribution < -0.4 is 0 Å². The first-order valence-electron chi connectivity index (χ1n) is 10.0. The monoisotopic (exact) mass is 398 g/mol. The maximum Gasteiger partial charge on any atom is 0.311 e. The summed E-state index contributed by atoms with van der Waals surface area (Å²) >= 11 is 0. The van der Waals surface area contributed by atoms with Crippen LogP contribution in [-0.4, -0.2) is 64.2 Å². The van der Waals surface area contributed by atoms with Gasteiger partial charge in [-0.05, 0) is 31.4 Å². The van der Waals surface area contributed by atoms with E-state index in [1.807, 2.05) is 19.1 Å². The maximum absolute atomic E-state index is 12.6. The molecule has 0 radical (unpaired) electrons. The van der Waals surface area contributed by atoms with E-state index in [0.29, 0.717) is 19.4 Å². The van der Waals surface area contributed by atoms with Crippen molar-refractivity contribution >= 4 is 22.9 Å². The zero-order valence-corrected chi connectivity index (χ0v) is 16.8. The number of methoxy groups -OCH3 is 1. The molecule has 0 saturated carbocycles. The zero-order valence-electron chi connectivity index (χ0n) is 16.8. The van der Waals surface area contributed by atoms with E-state index < -0.39 is 11.5 Å². The van der Waals surface area contributed by atoms with Crippen LogP contribution in [0.4, 0.5) is 0 Å². The lowest BCUT2D eigenvalue weighted by molar-refractivity contribution is -0.221. The molecule has 29 heavy (non-hydrogen) atoms. The number of benzene rings is 1. The van der Waals surface area contributed by atoms with Gasteiger partial charge in [-0.15, -0.1) is 0 Å². The van der Waals surface area contributed by atoms with Gasteiger partial charge < -0.3 is 4.74 Å². The third-order valence-electron chi connectivity index (χ3n) is 6.10. The fourth-order valence-electron chi connectivity index (χ4n) is 4.68. The summed E-state index contributed by atoms with van der Waals surface area (Å²) in [5, 5.41) is 1.47. The van der Waals surface area contributed by atoms with Crippen LogP contribution in [0.25, 0.3) is 11.0 Å². The smallest absolute Gasteiger partial charge is 0.311 e. The highest BCUT2D eigenvalue weighted by atomic mass is 16.7.